The average Bonchev–Trinajstić information content (AvgIpc) is 2.87. The first-order valence-electron chi connectivity index (χ1n) is 13.0. The fraction of sp³-hybridized carbons (Fsp3) is 0.467. The number of allylic oxidation sites excluding steroid dienone is 1. The second-order valence-electron chi connectivity index (χ2n) is 9.10. The van der Waals surface area contributed by atoms with Crippen molar-refractivity contribution in [3.63, 3.8) is 0 Å². The molecule has 0 spiro atoms. The lowest BCUT2D eigenvalue weighted by molar-refractivity contribution is 0.0549. The van der Waals surface area contributed by atoms with Crippen molar-refractivity contribution < 1.29 is 23.8 Å². The summed E-state index contributed by atoms with van der Waals surface area (Å²) in [4.78, 5) is 25.2. The van der Waals surface area contributed by atoms with E-state index in [9.17, 15) is 9.59 Å². The maximum atomic E-state index is 12.8. The Kier molecular flexibility index (Phi) is 13.2. The molecule has 0 radical (unpaired) electrons. The van der Waals surface area contributed by atoms with Crippen LogP contribution in [-0.4, -0.2) is 32.2 Å². The lowest BCUT2D eigenvalue weighted by Crippen LogP contribution is -2.14. The number of esters is 1. The van der Waals surface area contributed by atoms with Crippen molar-refractivity contribution >= 4 is 17.6 Å². The maximum absolute atomic E-state index is 12.8. The number of benzene rings is 2. The van der Waals surface area contributed by atoms with Crippen LogP contribution < -0.4 is 14.8 Å². The van der Waals surface area contributed by atoms with Crippen LogP contribution in [0, 0.1) is 0 Å². The molecule has 0 aliphatic heterocycles. The molecule has 0 atom stereocenters. The number of nitrogens with one attached hydrogen (secondary N) is 1. The summed E-state index contributed by atoms with van der Waals surface area (Å²) in [6.45, 7) is 6.98. The number of ether oxygens (including phenoxy) is 3. The van der Waals surface area contributed by atoms with E-state index in [-0.39, 0.29) is 12.5 Å². The Morgan fingerprint density at radius 3 is 2.14 bits per heavy atom. The predicted octanol–water partition coefficient (Wildman–Crippen LogP) is 7.59. The summed E-state index contributed by atoms with van der Waals surface area (Å²) in [6.07, 6.45) is 11.9. The molecule has 196 valence electrons. The fourth-order valence-corrected chi connectivity index (χ4v) is 3.62. The number of anilines is 1. The summed E-state index contributed by atoms with van der Waals surface area (Å²) in [6, 6.07) is 11.8. The van der Waals surface area contributed by atoms with Gasteiger partial charge in [0.05, 0.1) is 25.0 Å². The third kappa shape index (κ3) is 10.5. The summed E-state index contributed by atoms with van der Waals surface area (Å²) in [5, 5.41) is 2.83. The molecular formula is C30H41NO5. The van der Waals surface area contributed by atoms with Crippen molar-refractivity contribution in [1.29, 1.82) is 0 Å². The van der Waals surface area contributed by atoms with Gasteiger partial charge in [0.2, 0.25) is 0 Å². The quantitative estimate of drug-likeness (QED) is 0.147. The summed E-state index contributed by atoms with van der Waals surface area (Å²) in [5.41, 5.74) is 2.27. The molecule has 0 aliphatic rings. The van der Waals surface area contributed by atoms with Crippen LogP contribution in [0.1, 0.15) is 92.9 Å². The highest BCUT2D eigenvalue weighted by atomic mass is 16.5. The number of hydrogen-bond acceptors (Lipinski definition) is 5. The van der Waals surface area contributed by atoms with Crippen molar-refractivity contribution in [1.82, 2.24) is 0 Å². The van der Waals surface area contributed by atoms with Gasteiger partial charge in [0.15, 0.2) is 0 Å². The number of unbranched alkanes of at least 4 members (excludes halogenated alkanes) is 7. The van der Waals surface area contributed by atoms with Crippen molar-refractivity contribution in [3.05, 3.63) is 65.2 Å². The highest BCUT2D eigenvalue weighted by Crippen LogP contribution is 2.27. The molecule has 0 heterocycles. The van der Waals surface area contributed by atoms with Crippen LogP contribution in [0.4, 0.5) is 5.69 Å². The van der Waals surface area contributed by atoms with E-state index in [4.69, 9.17) is 14.2 Å². The number of carbonyl (C=O) groups is 2. The van der Waals surface area contributed by atoms with E-state index in [1.165, 1.54) is 52.1 Å². The van der Waals surface area contributed by atoms with Crippen LogP contribution in [0.5, 0.6) is 11.5 Å². The van der Waals surface area contributed by atoms with Gasteiger partial charge in [-0.3, -0.25) is 4.79 Å². The Hall–Kier alpha value is -3.28. The summed E-state index contributed by atoms with van der Waals surface area (Å²) in [7, 11) is 1.51. The first-order valence-corrected chi connectivity index (χ1v) is 13.0. The Morgan fingerprint density at radius 2 is 1.50 bits per heavy atom. The average molecular weight is 496 g/mol. The van der Waals surface area contributed by atoms with Crippen LogP contribution in [0.3, 0.4) is 0 Å². The number of carbonyl (C=O) groups excluding carboxylic acids is 2. The standard InChI is InChI=1S/C30H41NO5/c1-5-6-7-8-9-10-11-12-20-35-26-16-13-24(14-17-26)29(32)31-27-22-25(15-18-28(27)34-4)30(33)36-21-19-23(2)3/h13-19,22H,5-12,20-21H2,1-4H3,(H,31,32). The second kappa shape index (κ2) is 16.4. The van der Waals surface area contributed by atoms with Crippen molar-refractivity contribution in [2.75, 3.05) is 25.6 Å². The van der Waals surface area contributed by atoms with E-state index in [0.717, 1.165) is 17.7 Å². The van der Waals surface area contributed by atoms with Crippen LogP contribution in [0.25, 0.3) is 0 Å². The van der Waals surface area contributed by atoms with Crippen molar-refractivity contribution in [2.24, 2.45) is 0 Å². The normalized spacial score (nSPS) is 10.4. The number of hydrogen-bond donors (Lipinski definition) is 1. The Labute approximate surface area is 216 Å². The van der Waals surface area contributed by atoms with E-state index < -0.39 is 5.97 Å². The molecule has 2 aromatic carbocycles. The molecule has 2 aromatic rings. The van der Waals surface area contributed by atoms with Gasteiger partial charge in [0, 0.05) is 5.56 Å². The Morgan fingerprint density at radius 1 is 0.861 bits per heavy atom. The van der Waals surface area contributed by atoms with Gasteiger partial charge in [-0.15, -0.1) is 0 Å². The summed E-state index contributed by atoms with van der Waals surface area (Å²) < 4.78 is 16.4. The lowest BCUT2D eigenvalue weighted by Gasteiger charge is -2.12. The minimum Gasteiger partial charge on any atom is -0.495 e. The predicted molar refractivity (Wildman–Crippen MR) is 145 cm³/mol. The highest BCUT2D eigenvalue weighted by molar-refractivity contribution is 6.05. The zero-order chi connectivity index (χ0) is 26.2. The molecule has 0 aliphatic carbocycles. The van der Waals surface area contributed by atoms with Crippen molar-refractivity contribution in [2.45, 2.75) is 72.1 Å². The molecule has 36 heavy (non-hydrogen) atoms. The number of amides is 1. The van der Waals surface area contributed by atoms with Gasteiger partial charge in [0.25, 0.3) is 5.91 Å². The molecular weight excluding hydrogens is 454 g/mol. The largest absolute Gasteiger partial charge is 0.495 e. The molecule has 1 amide bonds. The van der Waals surface area contributed by atoms with Crippen LogP contribution >= 0.6 is 0 Å². The summed E-state index contributed by atoms with van der Waals surface area (Å²) >= 11 is 0. The first kappa shape index (κ1) is 29.0. The molecule has 0 bridgehead atoms. The third-order valence-corrected chi connectivity index (χ3v) is 5.77. The molecule has 2 rings (SSSR count). The van der Waals surface area contributed by atoms with Gasteiger partial charge < -0.3 is 19.5 Å². The molecule has 0 saturated heterocycles. The smallest absolute Gasteiger partial charge is 0.338 e. The molecule has 0 saturated carbocycles. The first-order chi connectivity index (χ1) is 17.4. The Bertz CT molecular complexity index is 977. The number of rotatable bonds is 16. The molecule has 0 aromatic heterocycles. The van der Waals surface area contributed by atoms with Gasteiger partial charge in [-0.25, -0.2) is 4.79 Å². The van der Waals surface area contributed by atoms with E-state index in [1.54, 1.807) is 42.5 Å². The van der Waals surface area contributed by atoms with Crippen LogP contribution in [0.15, 0.2) is 54.1 Å². The van der Waals surface area contributed by atoms with Crippen LogP contribution in [0.2, 0.25) is 0 Å². The van der Waals surface area contributed by atoms with Gasteiger partial charge in [-0.1, -0.05) is 57.4 Å². The van der Waals surface area contributed by atoms with Gasteiger partial charge in [0.1, 0.15) is 18.1 Å². The second-order valence-corrected chi connectivity index (χ2v) is 9.10. The zero-order valence-electron chi connectivity index (χ0n) is 22.2. The van der Waals surface area contributed by atoms with Crippen LogP contribution in [-0.2, 0) is 4.74 Å². The van der Waals surface area contributed by atoms with E-state index in [1.807, 2.05) is 19.9 Å². The Balaban J connectivity index is 1.85. The monoisotopic (exact) mass is 495 g/mol. The topological polar surface area (TPSA) is 73.9 Å². The minimum atomic E-state index is -0.469. The minimum absolute atomic E-state index is 0.197. The van der Waals surface area contributed by atoms with E-state index in [2.05, 4.69) is 12.2 Å². The molecule has 1 N–H and O–H groups in total. The maximum Gasteiger partial charge on any atom is 0.338 e. The van der Waals surface area contributed by atoms with Gasteiger partial charge >= 0.3 is 5.97 Å². The third-order valence-electron chi connectivity index (χ3n) is 5.77. The SMILES string of the molecule is CCCCCCCCCCOc1ccc(C(=O)Nc2cc(C(=O)OCC=C(C)C)ccc2OC)cc1. The molecule has 0 unspecified atom stereocenters. The van der Waals surface area contributed by atoms with Gasteiger partial charge in [-0.2, -0.15) is 0 Å². The van der Waals surface area contributed by atoms with Crippen molar-refractivity contribution in [3.8, 4) is 11.5 Å². The molecule has 6 heteroatoms. The molecule has 6 nitrogen and oxygen atoms in total. The van der Waals surface area contributed by atoms with E-state index >= 15 is 0 Å². The zero-order valence-corrected chi connectivity index (χ0v) is 22.2. The van der Waals surface area contributed by atoms with E-state index in [0.29, 0.717) is 29.2 Å². The molecule has 0 fully saturated rings. The number of methoxy groups -OCH3 is 1. The van der Waals surface area contributed by atoms with Gasteiger partial charge in [-0.05, 0) is 68.8 Å². The fourth-order valence-electron chi connectivity index (χ4n) is 3.62. The lowest BCUT2D eigenvalue weighted by atomic mass is 10.1. The summed E-state index contributed by atoms with van der Waals surface area (Å²) in [5.74, 6) is 0.421. The highest BCUT2D eigenvalue weighted by Gasteiger charge is 2.14.